The zero-order valence-corrected chi connectivity index (χ0v) is 10.4. The van der Waals surface area contributed by atoms with Crippen LogP contribution in [0.15, 0.2) is 0 Å². The van der Waals surface area contributed by atoms with Crippen LogP contribution in [0, 0.1) is 5.92 Å². The summed E-state index contributed by atoms with van der Waals surface area (Å²) in [4.78, 5) is 0. The molecule has 1 rings (SSSR count). The molecule has 0 aromatic rings. The fourth-order valence-electron chi connectivity index (χ4n) is 2.30. The lowest BCUT2D eigenvalue weighted by atomic mass is 9.97. The molecular formula is C10H22N2O2S. The lowest BCUT2D eigenvalue weighted by molar-refractivity contribution is 0.382. The van der Waals surface area contributed by atoms with Gasteiger partial charge < -0.3 is 0 Å². The zero-order valence-electron chi connectivity index (χ0n) is 9.57. The summed E-state index contributed by atoms with van der Waals surface area (Å²) in [5.41, 5.74) is 2.66. The Labute approximate surface area is 92.5 Å². The van der Waals surface area contributed by atoms with Gasteiger partial charge in [0.25, 0.3) is 0 Å². The van der Waals surface area contributed by atoms with Crippen LogP contribution in [-0.4, -0.2) is 26.0 Å². The molecule has 1 saturated carbocycles. The molecular weight excluding hydrogens is 212 g/mol. The molecule has 2 unspecified atom stereocenters. The number of sulfone groups is 1. The van der Waals surface area contributed by atoms with Crippen molar-refractivity contribution in [2.24, 2.45) is 11.8 Å². The van der Waals surface area contributed by atoms with Gasteiger partial charge >= 0.3 is 0 Å². The maximum atomic E-state index is 11.4. The number of rotatable bonds is 5. The summed E-state index contributed by atoms with van der Waals surface area (Å²) in [6, 6.07) is -0.108. The van der Waals surface area contributed by atoms with Crippen LogP contribution in [0.2, 0.25) is 0 Å². The first-order valence-corrected chi connectivity index (χ1v) is 7.55. The summed E-state index contributed by atoms with van der Waals surface area (Å²) in [7, 11) is -3.00. The summed E-state index contributed by atoms with van der Waals surface area (Å²) in [5, 5.41) is -0.400. The Hall–Kier alpha value is -0.130. The Bertz CT molecular complexity index is 284. The highest BCUT2D eigenvalue weighted by atomic mass is 32.2. The summed E-state index contributed by atoms with van der Waals surface area (Å²) in [6.45, 7) is 1.73. The van der Waals surface area contributed by atoms with Crippen molar-refractivity contribution >= 4 is 9.84 Å². The van der Waals surface area contributed by atoms with Gasteiger partial charge in [0, 0.05) is 12.3 Å². The Kier molecular flexibility index (Phi) is 4.55. The van der Waals surface area contributed by atoms with Crippen LogP contribution >= 0.6 is 0 Å². The van der Waals surface area contributed by atoms with E-state index in [0.717, 1.165) is 6.42 Å². The second-order valence-electron chi connectivity index (χ2n) is 4.69. The van der Waals surface area contributed by atoms with E-state index in [0.29, 0.717) is 5.92 Å². The van der Waals surface area contributed by atoms with E-state index in [9.17, 15) is 8.42 Å². The van der Waals surface area contributed by atoms with Gasteiger partial charge in [0.15, 0.2) is 9.84 Å². The lowest BCUT2D eigenvalue weighted by Gasteiger charge is -2.24. The summed E-state index contributed by atoms with van der Waals surface area (Å²) < 4.78 is 22.8. The first kappa shape index (κ1) is 12.9. The van der Waals surface area contributed by atoms with Gasteiger partial charge in [-0.15, -0.1) is 0 Å². The summed E-state index contributed by atoms with van der Waals surface area (Å²) in [6.07, 6.45) is 7.13. The van der Waals surface area contributed by atoms with Gasteiger partial charge in [-0.1, -0.05) is 25.7 Å². The smallest absolute Gasteiger partial charge is 0.151 e. The van der Waals surface area contributed by atoms with Crippen LogP contribution in [0.1, 0.15) is 39.0 Å². The second kappa shape index (κ2) is 5.27. The minimum absolute atomic E-state index is 0.108. The molecule has 1 aliphatic carbocycles. The number of nitrogens with two attached hydrogens (primary N) is 1. The molecule has 0 bridgehead atoms. The number of hydrogen-bond acceptors (Lipinski definition) is 4. The van der Waals surface area contributed by atoms with Gasteiger partial charge in [0.05, 0.1) is 5.25 Å². The molecule has 0 amide bonds. The topological polar surface area (TPSA) is 72.2 Å². The first-order chi connectivity index (χ1) is 6.95. The molecule has 0 spiro atoms. The van der Waals surface area contributed by atoms with Crippen LogP contribution < -0.4 is 11.3 Å². The summed E-state index contributed by atoms with van der Waals surface area (Å²) >= 11 is 0. The summed E-state index contributed by atoms with van der Waals surface area (Å²) in [5.74, 6) is 6.08. The Balaban J connectivity index is 2.54. The number of hydrazine groups is 1. The van der Waals surface area contributed by atoms with Crippen LogP contribution in [0.3, 0.4) is 0 Å². The van der Waals surface area contributed by atoms with E-state index in [-0.39, 0.29) is 6.04 Å². The molecule has 0 heterocycles. The molecule has 0 aromatic carbocycles. The molecule has 0 aliphatic heterocycles. The first-order valence-electron chi connectivity index (χ1n) is 5.60. The predicted octanol–water partition coefficient (Wildman–Crippen LogP) is 0.832. The maximum Gasteiger partial charge on any atom is 0.151 e. The lowest BCUT2D eigenvalue weighted by Crippen LogP contribution is -2.46. The van der Waals surface area contributed by atoms with Gasteiger partial charge in [-0.2, -0.15) is 0 Å². The molecule has 1 fully saturated rings. The van der Waals surface area contributed by atoms with E-state index in [1.807, 2.05) is 0 Å². The van der Waals surface area contributed by atoms with Gasteiger partial charge in [-0.3, -0.25) is 11.3 Å². The zero-order chi connectivity index (χ0) is 11.5. The highest BCUT2D eigenvalue weighted by Gasteiger charge is 2.28. The molecule has 0 aromatic heterocycles. The minimum atomic E-state index is -3.00. The van der Waals surface area contributed by atoms with Crippen molar-refractivity contribution in [1.29, 1.82) is 0 Å². The largest absolute Gasteiger partial charge is 0.271 e. The van der Waals surface area contributed by atoms with Crippen molar-refractivity contribution in [2.75, 3.05) is 6.26 Å². The molecule has 5 heteroatoms. The number of nitrogens with one attached hydrogen (secondary N) is 1. The Morgan fingerprint density at radius 1 is 1.40 bits per heavy atom. The third kappa shape index (κ3) is 3.74. The van der Waals surface area contributed by atoms with Gasteiger partial charge in [0.1, 0.15) is 0 Å². The van der Waals surface area contributed by atoms with Crippen molar-refractivity contribution in [2.45, 2.75) is 50.3 Å². The third-order valence-electron chi connectivity index (χ3n) is 3.52. The van der Waals surface area contributed by atoms with Crippen molar-refractivity contribution in [3.05, 3.63) is 0 Å². The van der Waals surface area contributed by atoms with Crippen molar-refractivity contribution in [3.8, 4) is 0 Å². The molecule has 1 aliphatic rings. The van der Waals surface area contributed by atoms with E-state index >= 15 is 0 Å². The molecule has 3 N–H and O–H groups in total. The van der Waals surface area contributed by atoms with Gasteiger partial charge in [-0.05, 0) is 19.3 Å². The standard InChI is InChI=1S/C10H22N2O2S/c1-8(15(2,13)14)10(12-11)7-9-5-3-4-6-9/h8-10,12H,3-7,11H2,1-2H3. The third-order valence-corrected chi connectivity index (χ3v) is 5.20. The van der Waals surface area contributed by atoms with E-state index < -0.39 is 15.1 Å². The van der Waals surface area contributed by atoms with E-state index in [4.69, 9.17) is 5.84 Å². The molecule has 90 valence electrons. The minimum Gasteiger partial charge on any atom is -0.271 e. The van der Waals surface area contributed by atoms with Crippen molar-refractivity contribution in [3.63, 3.8) is 0 Å². The van der Waals surface area contributed by atoms with Crippen molar-refractivity contribution < 1.29 is 8.42 Å². The number of hydrogen-bond donors (Lipinski definition) is 2. The van der Waals surface area contributed by atoms with E-state index in [1.54, 1.807) is 6.92 Å². The van der Waals surface area contributed by atoms with Gasteiger partial charge in [0.2, 0.25) is 0 Å². The highest BCUT2D eigenvalue weighted by molar-refractivity contribution is 7.91. The average Bonchev–Trinajstić information content (AvgIpc) is 2.64. The maximum absolute atomic E-state index is 11.4. The normalized spacial score (nSPS) is 22.9. The van der Waals surface area contributed by atoms with E-state index in [2.05, 4.69) is 5.43 Å². The molecule has 0 radical (unpaired) electrons. The fraction of sp³-hybridized carbons (Fsp3) is 1.00. The predicted molar refractivity (Wildman–Crippen MR) is 62.0 cm³/mol. The van der Waals surface area contributed by atoms with Crippen LogP contribution in [0.5, 0.6) is 0 Å². The van der Waals surface area contributed by atoms with Crippen LogP contribution in [0.25, 0.3) is 0 Å². The second-order valence-corrected chi connectivity index (χ2v) is 7.10. The Morgan fingerprint density at radius 3 is 2.33 bits per heavy atom. The SMILES string of the molecule is CC(C(CC1CCCC1)NN)S(C)(=O)=O. The Morgan fingerprint density at radius 2 is 1.93 bits per heavy atom. The molecule has 4 nitrogen and oxygen atoms in total. The molecule has 15 heavy (non-hydrogen) atoms. The average molecular weight is 234 g/mol. The van der Waals surface area contributed by atoms with Gasteiger partial charge in [-0.25, -0.2) is 8.42 Å². The van der Waals surface area contributed by atoms with Crippen LogP contribution in [-0.2, 0) is 9.84 Å². The van der Waals surface area contributed by atoms with Crippen LogP contribution in [0.4, 0.5) is 0 Å². The quantitative estimate of drug-likeness (QED) is 0.546. The molecule has 0 saturated heterocycles. The monoisotopic (exact) mass is 234 g/mol. The van der Waals surface area contributed by atoms with E-state index in [1.165, 1.54) is 31.9 Å². The highest BCUT2D eigenvalue weighted by Crippen LogP contribution is 2.29. The molecule has 2 atom stereocenters. The van der Waals surface area contributed by atoms with Crippen molar-refractivity contribution in [1.82, 2.24) is 5.43 Å². The fourth-order valence-corrected chi connectivity index (χ4v) is 3.09.